The largest absolute Gasteiger partial charge is 0.326 e. The van der Waals surface area contributed by atoms with Gasteiger partial charge in [-0.05, 0) is 32.1 Å². The molecule has 90 valence electrons. The Balaban J connectivity index is 1.55. The summed E-state index contributed by atoms with van der Waals surface area (Å²) in [5.74, 6) is 1.26. The van der Waals surface area contributed by atoms with Crippen LogP contribution in [0.5, 0.6) is 0 Å². The molecule has 1 unspecified atom stereocenters. The predicted molar refractivity (Wildman–Crippen MR) is 62.9 cm³/mol. The van der Waals surface area contributed by atoms with E-state index in [9.17, 15) is 4.79 Å². The second kappa shape index (κ2) is 3.73. The van der Waals surface area contributed by atoms with Crippen LogP contribution in [0.3, 0.4) is 0 Å². The number of hydrogen-bond donors (Lipinski definition) is 1. The van der Waals surface area contributed by atoms with E-state index in [0.29, 0.717) is 5.91 Å². The fourth-order valence-electron chi connectivity index (χ4n) is 3.39. The molecule has 1 amide bonds. The molecule has 0 aromatic heterocycles. The molecule has 1 N–H and O–H groups in total. The molecule has 1 saturated heterocycles. The lowest BCUT2D eigenvalue weighted by Gasteiger charge is -2.22. The fraction of sp³-hybridized carbons (Fsp3) is 0.923. The minimum atomic E-state index is -0.116. The molecule has 2 saturated carbocycles. The van der Waals surface area contributed by atoms with Crippen LogP contribution < -0.4 is 5.32 Å². The third kappa shape index (κ3) is 1.65. The van der Waals surface area contributed by atoms with Gasteiger partial charge in [-0.2, -0.15) is 0 Å². The summed E-state index contributed by atoms with van der Waals surface area (Å²) in [5, 5.41) is 3.46. The number of rotatable bonds is 3. The molecular formula is C13H22N2O. The van der Waals surface area contributed by atoms with Crippen LogP contribution >= 0.6 is 0 Å². The van der Waals surface area contributed by atoms with Gasteiger partial charge in [0.1, 0.15) is 0 Å². The molecule has 1 aliphatic heterocycles. The predicted octanol–water partition coefficient (Wildman–Crippen LogP) is 1.88. The van der Waals surface area contributed by atoms with Gasteiger partial charge in [-0.25, -0.2) is 0 Å². The quantitative estimate of drug-likeness (QED) is 0.790. The van der Waals surface area contributed by atoms with E-state index in [-0.39, 0.29) is 11.7 Å². The summed E-state index contributed by atoms with van der Waals surface area (Å²) in [7, 11) is 0. The first-order chi connectivity index (χ1) is 7.71. The molecule has 3 nitrogen and oxygen atoms in total. The van der Waals surface area contributed by atoms with E-state index in [4.69, 9.17) is 0 Å². The Morgan fingerprint density at radius 1 is 1.38 bits per heavy atom. The normalized spacial score (nSPS) is 32.9. The fourth-order valence-corrected chi connectivity index (χ4v) is 3.39. The van der Waals surface area contributed by atoms with Gasteiger partial charge in [0, 0.05) is 6.54 Å². The average Bonchev–Trinajstić information content (AvgIpc) is 2.77. The Hall–Kier alpha value is -0.570. The number of amides is 1. The third-order valence-corrected chi connectivity index (χ3v) is 4.63. The Morgan fingerprint density at radius 2 is 2.06 bits per heavy atom. The van der Waals surface area contributed by atoms with Gasteiger partial charge in [0.25, 0.3) is 0 Å². The maximum absolute atomic E-state index is 12.2. The van der Waals surface area contributed by atoms with E-state index in [1.807, 2.05) is 0 Å². The second-order valence-corrected chi connectivity index (χ2v) is 5.84. The van der Waals surface area contributed by atoms with Gasteiger partial charge in [0.2, 0.25) is 5.91 Å². The van der Waals surface area contributed by atoms with Crippen molar-refractivity contribution in [2.24, 2.45) is 5.92 Å². The van der Waals surface area contributed by atoms with E-state index in [2.05, 4.69) is 17.1 Å². The second-order valence-electron chi connectivity index (χ2n) is 5.84. The smallest absolute Gasteiger partial charge is 0.244 e. The highest BCUT2D eigenvalue weighted by Gasteiger charge is 2.57. The Labute approximate surface area is 97.6 Å². The Kier molecular flexibility index (Phi) is 2.46. The Bertz CT molecular complexity index is 292. The van der Waals surface area contributed by atoms with Crippen LogP contribution in [0.4, 0.5) is 0 Å². The molecule has 1 atom stereocenters. The maximum atomic E-state index is 12.2. The van der Waals surface area contributed by atoms with Crippen LogP contribution in [-0.2, 0) is 4.79 Å². The summed E-state index contributed by atoms with van der Waals surface area (Å²) < 4.78 is 0. The molecule has 0 bridgehead atoms. The van der Waals surface area contributed by atoms with Crippen molar-refractivity contribution in [3.63, 3.8) is 0 Å². The van der Waals surface area contributed by atoms with E-state index in [1.54, 1.807) is 0 Å². The molecule has 16 heavy (non-hydrogen) atoms. The van der Waals surface area contributed by atoms with Crippen LogP contribution in [0.15, 0.2) is 0 Å². The number of hydrogen-bond acceptors (Lipinski definition) is 2. The van der Waals surface area contributed by atoms with Crippen molar-refractivity contribution in [3.8, 4) is 0 Å². The first kappa shape index (κ1) is 10.6. The van der Waals surface area contributed by atoms with Crippen molar-refractivity contribution >= 4 is 5.91 Å². The third-order valence-electron chi connectivity index (χ3n) is 4.63. The van der Waals surface area contributed by atoms with Crippen molar-refractivity contribution in [2.75, 3.05) is 6.54 Å². The zero-order valence-electron chi connectivity index (χ0n) is 10.2. The van der Waals surface area contributed by atoms with Gasteiger partial charge in [0.15, 0.2) is 0 Å². The van der Waals surface area contributed by atoms with Crippen LogP contribution in [-0.4, -0.2) is 29.1 Å². The topological polar surface area (TPSA) is 32.3 Å². The molecule has 3 rings (SSSR count). The van der Waals surface area contributed by atoms with Gasteiger partial charge in [-0.3, -0.25) is 10.1 Å². The van der Waals surface area contributed by atoms with E-state index in [1.165, 1.54) is 32.1 Å². The zero-order valence-corrected chi connectivity index (χ0v) is 10.2. The first-order valence-corrected chi connectivity index (χ1v) is 6.80. The summed E-state index contributed by atoms with van der Waals surface area (Å²) in [6.45, 7) is 3.10. The van der Waals surface area contributed by atoms with Gasteiger partial charge >= 0.3 is 0 Å². The van der Waals surface area contributed by atoms with Crippen molar-refractivity contribution in [1.29, 1.82) is 0 Å². The first-order valence-electron chi connectivity index (χ1n) is 6.80. The van der Waals surface area contributed by atoms with Crippen LogP contribution in [0.25, 0.3) is 0 Å². The van der Waals surface area contributed by atoms with Crippen molar-refractivity contribution in [2.45, 2.75) is 63.6 Å². The molecule has 0 aromatic rings. The molecule has 1 spiro atoms. The molecular weight excluding hydrogens is 200 g/mol. The number of carbonyl (C=O) groups is 1. The highest BCUT2D eigenvalue weighted by Crippen LogP contribution is 2.42. The molecule has 2 aliphatic carbocycles. The minimum Gasteiger partial charge on any atom is -0.326 e. The summed E-state index contributed by atoms with van der Waals surface area (Å²) in [6.07, 6.45) is 9.15. The summed E-state index contributed by atoms with van der Waals surface area (Å²) in [6, 6.07) is 0. The van der Waals surface area contributed by atoms with Crippen LogP contribution in [0.2, 0.25) is 0 Å². The Morgan fingerprint density at radius 3 is 2.62 bits per heavy atom. The average molecular weight is 222 g/mol. The standard InChI is InChI=1S/C13H22N2O/c1-10-14-13(7-8-13)12(16)15(10)9-6-11-4-2-3-5-11/h10-11,14H,2-9H2,1H3. The monoisotopic (exact) mass is 222 g/mol. The SMILES string of the molecule is CC1NC2(CC2)C(=O)N1CCC1CCCC1. The number of nitrogens with one attached hydrogen (secondary N) is 1. The lowest BCUT2D eigenvalue weighted by atomic mass is 10.0. The molecule has 3 heteroatoms. The molecule has 0 radical (unpaired) electrons. The highest BCUT2D eigenvalue weighted by molar-refractivity contribution is 5.91. The van der Waals surface area contributed by atoms with Gasteiger partial charge in [0.05, 0.1) is 11.7 Å². The number of carbonyl (C=O) groups excluding carboxylic acids is 1. The number of nitrogens with zero attached hydrogens (tertiary/aromatic N) is 1. The van der Waals surface area contributed by atoms with E-state index < -0.39 is 0 Å². The molecule has 1 heterocycles. The van der Waals surface area contributed by atoms with Crippen LogP contribution in [0.1, 0.15) is 51.9 Å². The highest BCUT2D eigenvalue weighted by atomic mass is 16.2. The van der Waals surface area contributed by atoms with E-state index in [0.717, 1.165) is 25.3 Å². The van der Waals surface area contributed by atoms with Gasteiger partial charge in [-0.1, -0.05) is 25.7 Å². The minimum absolute atomic E-state index is 0.116. The lowest BCUT2D eigenvalue weighted by Crippen LogP contribution is -2.36. The lowest BCUT2D eigenvalue weighted by molar-refractivity contribution is -0.130. The van der Waals surface area contributed by atoms with Crippen molar-refractivity contribution < 1.29 is 4.79 Å². The van der Waals surface area contributed by atoms with Crippen LogP contribution in [0, 0.1) is 5.92 Å². The molecule has 3 aliphatic rings. The summed E-state index contributed by atoms with van der Waals surface area (Å²) in [5.41, 5.74) is -0.116. The molecule has 0 aromatic carbocycles. The van der Waals surface area contributed by atoms with Crippen molar-refractivity contribution in [3.05, 3.63) is 0 Å². The summed E-state index contributed by atoms with van der Waals surface area (Å²) >= 11 is 0. The molecule has 3 fully saturated rings. The van der Waals surface area contributed by atoms with Gasteiger partial charge < -0.3 is 4.90 Å². The maximum Gasteiger partial charge on any atom is 0.244 e. The van der Waals surface area contributed by atoms with Crippen molar-refractivity contribution in [1.82, 2.24) is 10.2 Å². The zero-order chi connectivity index (χ0) is 11.2. The van der Waals surface area contributed by atoms with E-state index >= 15 is 0 Å². The summed E-state index contributed by atoms with van der Waals surface area (Å²) in [4.78, 5) is 14.2. The van der Waals surface area contributed by atoms with Gasteiger partial charge in [-0.15, -0.1) is 0 Å².